The van der Waals surface area contributed by atoms with Gasteiger partial charge >= 0.3 is 12.1 Å². The Labute approximate surface area is 221 Å². The highest BCUT2D eigenvalue weighted by atomic mass is 19.4. The number of carbonyl (C=O) groups is 1. The van der Waals surface area contributed by atoms with Gasteiger partial charge in [-0.1, -0.05) is 24.3 Å². The number of methoxy groups -OCH3 is 1. The van der Waals surface area contributed by atoms with Crippen LogP contribution in [0.2, 0.25) is 0 Å². The summed E-state index contributed by atoms with van der Waals surface area (Å²) in [6.45, 7) is 3.61. The summed E-state index contributed by atoms with van der Waals surface area (Å²) in [5.74, 6) is -0.00768. The number of hydrogen-bond acceptors (Lipinski definition) is 7. The van der Waals surface area contributed by atoms with Crippen LogP contribution in [0.25, 0.3) is 22.3 Å². The predicted octanol–water partition coefficient (Wildman–Crippen LogP) is 5.30. The van der Waals surface area contributed by atoms with Crippen LogP contribution in [0.15, 0.2) is 76.6 Å². The molecule has 0 saturated heterocycles. The first kappa shape index (κ1) is 27.4. The molecular weight excluding hydrogens is 515 g/mol. The lowest BCUT2D eigenvalue weighted by Crippen LogP contribution is -2.25. The first-order valence-electron chi connectivity index (χ1n) is 11.9. The number of alkyl halides is 3. The standard InChI is InChI=1S/C28H24F3N3O5/c1-4-38-24-14-18(12-13-23(24)39-17(2)27(36)37-3)16-32-34-25(19-8-7-9-20(15-19)28(29,30)31)33-22-11-6-5-10-21(22)26(34)35/h5-17H,4H2,1-3H3/t17-/m0/s1. The van der Waals surface area contributed by atoms with Gasteiger partial charge in [0.15, 0.2) is 23.4 Å². The van der Waals surface area contributed by atoms with E-state index in [9.17, 15) is 22.8 Å². The van der Waals surface area contributed by atoms with E-state index in [-0.39, 0.29) is 16.8 Å². The molecule has 0 amide bonds. The maximum absolute atomic E-state index is 13.4. The Balaban J connectivity index is 1.80. The van der Waals surface area contributed by atoms with E-state index in [0.29, 0.717) is 29.2 Å². The smallest absolute Gasteiger partial charge is 0.416 e. The van der Waals surface area contributed by atoms with Crippen LogP contribution in [0.5, 0.6) is 11.5 Å². The van der Waals surface area contributed by atoms with E-state index in [1.807, 2.05) is 0 Å². The lowest BCUT2D eigenvalue weighted by Gasteiger charge is -2.16. The zero-order chi connectivity index (χ0) is 28.2. The van der Waals surface area contributed by atoms with E-state index in [0.717, 1.165) is 16.8 Å². The van der Waals surface area contributed by atoms with Crippen molar-refractivity contribution in [2.75, 3.05) is 13.7 Å². The van der Waals surface area contributed by atoms with Crippen LogP contribution in [-0.2, 0) is 15.7 Å². The van der Waals surface area contributed by atoms with Crippen molar-refractivity contribution in [3.8, 4) is 22.9 Å². The number of carbonyl (C=O) groups excluding carboxylic acids is 1. The summed E-state index contributed by atoms with van der Waals surface area (Å²) in [6.07, 6.45) is -4.11. The molecule has 0 N–H and O–H groups in total. The Kier molecular flexibility index (Phi) is 7.99. The van der Waals surface area contributed by atoms with Crippen molar-refractivity contribution in [1.29, 1.82) is 0 Å². The Morgan fingerprint density at radius 2 is 1.85 bits per heavy atom. The largest absolute Gasteiger partial charge is 0.490 e. The van der Waals surface area contributed by atoms with E-state index in [1.54, 1.807) is 49.4 Å². The summed E-state index contributed by atoms with van der Waals surface area (Å²) in [5, 5.41) is 4.54. The van der Waals surface area contributed by atoms with Gasteiger partial charge in [-0.15, -0.1) is 0 Å². The summed E-state index contributed by atoms with van der Waals surface area (Å²) in [6, 6.07) is 15.8. The van der Waals surface area contributed by atoms with Crippen molar-refractivity contribution in [2.45, 2.75) is 26.1 Å². The van der Waals surface area contributed by atoms with Crippen molar-refractivity contribution < 1.29 is 32.2 Å². The van der Waals surface area contributed by atoms with Gasteiger partial charge in [-0.05, 0) is 61.9 Å². The van der Waals surface area contributed by atoms with E-state index < -0.39 is 29.4 Å². The van der Waals surface area contributed by atoms with Crippen molar-refractivity contribution in [2.24, 2.45) is 5.10 Å². The number of benzene rings is 3. The van der Waals surface area contributed by atoms with Crippen LogP contribution in [0.4, 0.5) is 13.2 Å². The van der Waals surface area contributed by atoms with E-state index in [1.165, 1.54) is 32.4 Å². The molecule has 3 aromatic carbocycles. The van der Waals surface area contributed by atoms with Crippen LogP contribution in [0.3, 0.4) is 0 Å². The first-order chi connectivity index (χ1) is 18.6. The number of fused-ring (bicyclic) bond motifs is 1. The van der Waals surface area contributed by atoms with E-state index in [2.05, 4.69) is 14.8 Å². The lowest BCUT2D eigenvalue weighted by atomic mass is 10.1. The second kappa shape index (κ2) is 11.4. The molecule has 0 aliphatic heterocycles. The van der Waals surface area contributed by atoms with Gasteiger partial charge in [-0.25, -0.2) is 9.78 Å². The van der Waals surface area contributed by atoms with E-state index in [4.69, 9.17) is 9.47 Å². The molecule has 1 aromatic heterocycles. The zero-order valence-corrected chi connectivity index (χ0v) is 21.2. The minimum Gasteiger partial charge on any atom is -0.490 e. The number of esters is 1. The molecule has 0 radical (unpaired) electrons. The number of ether oxygens (including phenoxy) is 3. The molecule has 202 valence electrons. The molecular formula is C28H24F3N3O5. The van der Waals surface area contributed by atoms with Crippen LogP contribution < -0.4 is 15.0 Å². The first-order valence-corrected chi connectivity index (χ1v) is 11.9. The molecule has 1 atom stereocenters. The highest BCUT2D eigenvalue weighted by molar-refractivity contribution is 5.83. The van der Waals surface area contributed by atoms with Crippen molar-refractivity contribution in [3.63, 3.8) is 0 Å². The fourth-order valence-corrected chi connectivity index (χ4v) is 3.75. The number of nitrogens with zero attached hydrogens (tertiary/aromatic N) is 3. The van der Waals surface area contributed by atoms with Gasteiger partial charge in [0.1, 0.15) is 0 Å². The second-order valence-corrected chi connectivity index (χ2v) is 8.32. The van der Waals surface area contributed by atoms with Gasteiger partial charge in [-0.2, -0.15) is 22.9 Å². The molecule has 4 rings (SSSR count). The van der Waals surface area contributed by atoms with Gasteiger partial charge < -0.3 is 14.2 Å². The third-order valence-electron chi connectivity index (χ3n) is 5.63. The molecule has 11 heteroatoms. The zero-order valence-electron chi connectivity index (χ0n) is 21.2. The minimum absolute atomic E-state index is 0.0575. The SMILES string of the molecule is CCOc1cc(C=Nn2c(-c3cccc(C(F)(F)F)c3)nc3ccccc3c2=O)ccc1O[C@@H](C)C(=O)OC. The van der Waals surface area contributed by atoms with Crippen LogP contribution in [0, 0.1) is 0 Å². The molecule has 4 aromatic rings. The molecule has 39 heavy (non-hydrogen) atoms. The Bertz CT molecular complexity index is 1600. The molecule has 0 saturated carbocycles. The van der Waals surface area contributed by atoms with Crippen LogP contribution >= 0.6 is 0 Å². The number of aromatic nitrogens is 2. The predicted molar refractivity (Wildman–Crippen MR) is 139 cm³/mol. The Morgan fingerprint density at radius 3 is 2.56 bits per heavy atom. The van der Waals surface area contributed by atoms with Crippen molar-refractivity contribution in [3.05, 3.63) is 88.2 Å². The maximum Gasteiger partial charge on any atom is 0.416 e. The monoisotopic (exact) mass is 539 g/mol. The number of halogens is 3. The summed E-state index contributed by atoms with van der Waals surface area (Å²) in [7, 11) is 1.25. The third kappa shape index (κ3) is 6.08. The number of para-hydroxylation sites is 1. The third-order valence-corrected chi connectivity index (χ3v) is 5.63. The Hall–Kier alpha value is -4.67. The highest BCUT2D eigenvalue weighted by Crippen LogP contribution is 2.32. The fourth-order valence-electron chi connectivity index (χ4n) is 3.75. The van der Waals surface area contributed by atoms with Gasteiger partial charge in [0.05, 0.1) is 36.4 Å². The molecule has 0 spiro atoms. The van der Waals surface area contributed by atoms with Crippen LogP contribution in [0.1, 0.15) is 25.0 Å². The fraction of sp³-hybridized carbons (Fsp3) is 0.214. The molecule has 0 bridgehead atoms. The maximum atomic E-state index is 13.4. The Morgan fingerprint density at radius 1 is 1.08 bits per heavy atom. The van der Waals surface area contributed by atoms with Gasteiger partial charge in [-0.3, -0.25) is 4.79 Å². The van der Waals surface area contributed by atoms with Crippen molar-refractivity contribution in [1.82, 2.24) is 9.66 Å². The second-order valence-electron chi connectivity index (χ2n) is 8.32. The molecule has 0 unspecified atom stereocenters. The average Bonchev–Trinajstić information content (AvgIpc) is 2.93. The highest BCUT2D eigenvalue weighted by Gasteiger charge is 2.31. The molecule has 0 aliphatic rings. The summed E-state index contributed by atoms with van der Waals surface area (Å²) in [4.78, 5) is 29.6. The lowest BCUT2D eigenvalue weighted by molar-refractivity contribution is -0.148. The summed E-state index contributed by atoms with van der Waals surface area (Å²) < 4.78 is 57.1. The van der Waals surface area contributed by atoms with Gasteiger partial charge in [0.25, 0.3) is 5.56 Å². The van der Waals surface area contributed by atoms with Crippen molar-refractivity contribution >= 4 is 23.1 Å². The van der Waals surface area contributed by atoms with E-state index >= 15 is 0 Å². The van der Waals surface area contributed by atoms with Gasteiger partial charge in [0.2, 0.25) is 0 Å². The number of hydrogen-bond donors (Lipinski definition) is 0. The molecule has 1 heterocycles. The number of rotatable bonds is 8. The minimum atomic E-state index is -4.58. The topological polar surface area (TPSA) is 92.0 Å². The molecule has 0 aliphatic carbocycles. The van der Waals surface area contributed by atoms with Crippen LogP contribution in [-0.4, -0.2) is 41.7 Å². The molecule has 0 fully saturated rings. The quantitative estimate of drug-likeness (QED) is 0.223. The average molecular weight is 540 g/mol. The molecule has 8 nitrogen and oxygen atoms in total. The normalized spacial score (nSPS) is 12.5. The summed E-state index contributed by atoms with van der Waals surface area (Å²) >= 11 is 0. The summed E-state index contributed by atoms with van der Waals surface area (Å²) in [5.41, 5.74) is -0.551. The van der Waals surface area contributed by atoms with Gasteiger partial charge in [0, 0.05) is 5.56 Å².